The Kier molecular flexibility index (Phi) is 6.79. The van der Waals surface area contributed by atoms with Crippen LogP contribution in [0, 0.1) is 4.91 Å². The van der Waals surface area contributed by atoms with E-state index in [0.29, 0.717) is 5.02 Å². The third-order valence-electron chi connectivity index (χ3n) is 1.25. The molecule has 0 bridgehead atoms. The van der Waals surface area contributed by atoms with Gasteiger partial charge in [-0.05, 0) is 17.7 Å². The third-order valence-corrected chi connectivity index (χ3v) is 1.50. The zero-order chi connectivity index (χ0) is 13.3. The molecular weight excluding hydrogens is 250 g/mol. The second-order valence-corrected chi connectivity index (χ2v) is 3.01. The number of benzene rings is 1. The molecule has 0 saturated heterocycles. The molecule has 0 spiro atoms. The lowest BCUT2D eigenvalue weighted by atomic mass is 10.2. The van der Waals surface area contributed by atoms with Gasteiger partial charge in [0.1, 0.15) is 4.91 Å². The highest BCUT2D eigenvalue weighted by molar-refractivity contribution is 6.30. The predicted molar refractivity (Wildman–Crippen MR) is 62.1 cm³/mol. The molecule has 0 aliphatic rings. The number of guanidine groups is 1. The molecule has 92 valence electrons. The molecule has 6 N–H and O–H groups in total. The van der Waals surface area contributed by atoms with Crippen LogP contribution in [0.1, 0.15) is 5.56 Å². The van der Waals surface area contributed by atoms with E-state index in [0.717, 1.165) is 5.56 Å². The van der Waals surface area contributed by atoms with Gasteiger partial charge in [-0.2, -0.15) is 5.10 Å². The van der Waals surface area contributed by atoms with Crippen molar-refractivity contribution in [1.82, 2.24) is 0 Å². The van der Waals surface area contributed by atoms with Gasteiger partial charge in [0, 0.05) is 5.02 Å². The summed E-state index contributed by atoms with van der Waals surface area (Å²) in [7, 11) is 0. The molecule has 0 aliphatic carbocycles. The second-order valence-electron chi connectivity index (χ2n) is 2.57. The minimum absolute atomic E-state index is 0.0646. The molecule has 8 nitrogen and oxygen atoms in total. The average molecular weight is 261 g/mol. The van der Waals surface area contributed by atoms with E-state index < -0.39 is 5.09 Å². The molecule has 0 radical (unpaired) electrons. The van der Waals surface area contributed by atoms with E-state index in [1.54, 1.807) is 12.1 Å². The Morgan fingerprint density at radius 1 is 1.29 bits per heavy atom. The monoisotopic (exact) mass is 260 g/mol. The van der Waals surface area contributed by atoms with Crippen molar-refractivity contribution in [3.8, 4) is 0 Å². The average Bonchev–Trinajstić information content (AvgIpc) is 2.19. The first-order valence-corrected chi connectivity index (χ1v) is 4.52. The topological polar surface area (TPSA) is 137 Å². The highest BCUT2D eigenvalue weighted by atomic mass is 35.5. The van der Waals surface area contributed by atoms with Crippen LogP contribution in [0.3, 0.4) is 0 Å². The summed E-state index contributed by atoms with van der Waals surface area (Å²) in [5.41, 5.74) is 11.0. The van der Waals surface area contributed by atoms with Crippen LogP contribution in [-0.2, 0) is 0 Å². The summed E-state index contributed by atoms with van der Waals surface area (Å²) in [6, 6.07) is 7.15. The van der Waals surface area contributed by atoms with Crippen molar-refractivity contribution >= 4 is 23.8 Å². The Labute approximate surface area is 101 Å². The van der Waals surface area contributed by atoms with Crippen LogP contribution in [0.4, 0.5) is 0 Å². The van der Waals surface area contributed by atoms with Gasteiger partial charge < -0.3 is 11.5 Å². The Bertz CT molecular complexity index is 410. The Morgan fingerprint density at radius 3 is 2.18 bits per heavy atom. The highest BCUT2D eigenvalue weighted by Gasteiger charge is 1.87. The van der Waals surface area contributed by atoms with E-state index in [4.69, 9.17) is 38.4 Å². The fourth-order valence-electron chi connectivity index (χ4n) is 0.711. The lowest BCUT2D eigenvalue weighted by molar-refractivity contribution is -0.969. The number of nitrogens with two attached hydrogens (primary N) is 2. The number of halogens is 1. The molecule has 0 atom stereocenters. The predicted octanol–water partition coefficient (Wildman–Crippen LogP) is 0.491. The SMILES string of the molecule is NC(N)=N/N=C/c1ccc(Cl)cc1.O=[N+](O)O. The smallest absolute Gasteiger partial charge is 0.369 e. The van der Waals surface area contributed by atoms with E-state index in [2.05, 4.69) is 10.2 Å². The molecule has 1 aromatic carbocycles. The van der Waals surface area contributed by atoms with Crippen molar-refractivity contribution in [1.29, 1.82) is 0 Å². The lowest BCUT2D eigenvalue weighted by Gasteiger charge is -1.90. The van der Waals surface area contributed by atoms with Crippen molar-refractivity contribution < 1.29 is 15.5 Å². The maximum atomic E-state index is 8.47. The lowest BCUT2D eigenvalue weighted by Crippen LogP contribution is -2.21. The number of rotatable bonds is 2. The first-order valence-electron chi connectivity index (χ1n) is 4.14. The molecule has 0 fully saturated rings. The minimum atomic E-state index is -1.25. The zero-order valence-electron chi connectivity index (χ0n) is 8.56. The maximum Gasteiger partial charge on any atom is 0.472 e. The summed E-state index contributed by atoms with van der Waals surface area (Å²) in [6.45, 7) is 0. The summed E-state index contributed by atoms with van der Waals surface area (Å²) in [5, 5.41) is 20.3. The zero-order valence-corrected chi connectivity index (χ0v) is 9.32. The Hall–Kier alpha value is -2.35. The Balaban J connectivity index is 0.000000557. The first-order chi connectivity index (χ1) is 7.91. The molecule has 0 amide bonds. The van der Waals surface area contributed by atoms with E-state index in [9.17, 15) is 0 Å². The molecule has 0 saturated carbocycles. The van der Waals surface area contributed by atoms with Crippen LogP contribution in [-0.4, -0.2) is 27.7 Å². The fraction of sp³-hybridized carbons (Fsp3) is 0. The largest absolute Gasteiger partial charge is 0.472 e. The summed E-state index contributed by atoms with van der Waals surface area (Å²) < 4.78 is 0. The standard InChI is InChI=1S/C8H9ClN4.H2NO3/c9-7-3-1-6(2-4-7)5-12-13-8(10)11;2-1(3)4/h1-5H,(H4,10,11,13);(H2,2,3,4)/q;+1/b12-5+;. The van der Waals surface area contributed by atoms with Gasteiger partial charge in [0.15, 0.2) is 0 Å². The molecule has 0 aromatic heterocycles. The molecule has 0 unspecified atom stereocenters. The molecule has 0 heterocycles. The fourth-order valence-corrected chi connectivity index (χ4v) is 0.837. The van der Waals surface area contributed by atoms with Crippen molar-refractivity contribution in [2.24, 2.45) is 21.7 Å². The van der Waals surface area contributed by atoms with Gasteiger partial charge in [0.25, 0.3) is 0 Å². The third kappa shape index (κ3) is 9.94. The summed E-state index contributed by atoms with van der Waals surface area (Å²) >= 11 is 5.68. The van der Waals surface area contributed by atoms with Gasteiger partial charge in [-0.15, -0.1) is 5.10 Å². The molecule has 0 aliphatic heterocycles. The van der Waals surface area contributed by atoms with Gasteiger partial charge in [-0.3, -0.25) is 0 Å². The van der Waals surface area contributed by atoms with Crippen molar-refractivity contribution in [3.63, 3.8) is 0 Å². The number of nitrogens with zero attached hydrogens (tertiary/aromatic N) is 3. The summed E-state index contributed by atoms with van der Waals surface area (Å²) in [6.07, 6.45) is 1.54. The normalized spacial score (nSPS) is 9.24. The van der Waals surface area contributed by atoms with Crippen LogP contribution in [0.25, 0.3) is 0 Å². The number of hydrogen-bond acceptors (Lipinski definition) is 3. The van der Waals surface area contributed by atoms with Gasteiger partial charge in [-0.1, -0.05) is 23.7 Å². The summed E-state index contributed by atoms with van der Waals surface area (Å²) in [4.78, 5) is 8.47. The molecule has 1 rings (SSSR count). The quantitative estimate of drug-likeness (QED) is 0.348. The van der Waals surface area contributed by atoms with Crippen molar-refractivity contribution in [2.45, 2.75) is 0 Å². The maximum absolute atomic E-state index is 8.47. The molecule has 17 heavy (non-hydrogen) atoms. The highest BCUT2D eigenvalue weighted by Crippen LogP contribution is 2.07. The van der Waals surface area contributed by atoms with Gasteiger partial charge >= 0.3 is 5.09 Å². The van der Waals surface area contributed by atoms with E-state index >= 15 is 0 Å². The van der Waals surface area contributed by atoms with Crippen LogP contribution < -0.4 is 11.5 Å². The van der Waals surface area contributed by atoms with Gasteiger partial charge in [-0.25, -0.2) is 10.4 Å². The summed E-state index contributed by atoms with van der Waals surface area (Å²) in [5.74, 6) is -0.0646. The van der Waals surface area contributed by atoms with Crippen molar-refractivity contribution in [3.05, 3.63) is 39.8 Å². The molecule has 1 aromatic rings. The van der Waals surface area contributed by atoms with E-state index in [1.807, 2.05) is 12.1 Å². The Morgan fingerprint density at radius 2 is 1.76 bits per heavy atom. The molecule has 9 heteroatoms. The van der Waals surface area contributed by atoms with Crippen LogP contribution >= 0.6 is 11.6 Å². The van der Waals surface area contributed by atoms with Gasteiger partial charge in [0.05, 0.1) is 6.21 Å². The van der Waals surface area contributed by atoms with Gasteiger partial charge in [0.2, 0.25) is 5.96 Å². The molecular formula is C8H11ClN5O3+. The van der Waals surface area contributed by atoms with Crippen LogP contribution in [0.5, 0.6) is 0 Å². The van der Waals surface area contributed by atoms with E-state index in [-0.39, 0.29) is 5.96 Å². The van der Waals surface area contributed by atoms with Crippen molar-refractivity contribution in [2.75, 3.05) is 0 Å². The first kappa shape index (κ1) is 14.6. The van der Waals surface area contributed by atoms with Crippen LogP contribution in [0.2, 0.25) is 5.02 Å². The van der Waals surface area contributed by atoms with E-state index in [1.165, 1.54) is 6.21 Å². The van der Waals surface area contributed by atoms with Crippen LogP contribution in [0.15, 0.2) is 34.5 Å². The second kappa shape index (κ2) is 7.88. The minimum Gasteiger partial charge on any atom is -0.369 e. The number of hydrogen-bond donors (Lipinski definition) is 4.